The van der Waals surface area contributed by atoms with Gasteiger partial charge in [0.2, 0.25) is 0 Å². The third-order valence-corrected chi connectivity index (χ3v) is 5.31. The van der Waals surface area contributed by atoms with Gasteiger partial charge in [-0.1, -0.05) is 17.4 Å². The smallest absolute Gasteiger partial charge is 0.258 e. The number of nitro groups is 1. The Morgan fingerprint density at radius 2 is 2.00 bits per heavy atom. The first-order valence-corrected chi connectivity index (χ1v) is 8.48. The topological polar surface area (TPSA) is 102 Å². The number of hydrogen-bond donors (Lipinski definition) is 1. The van der Waals surface area contributed by atoms with Crippen molar-refractivity contribution in [1.29, 1.82) is 0 Å². The van der Waals surface area contributed by atoms with E-state index >= 15 is 0 Å². The summed E-state index contributed by atoms with van der Waals surface area (Å²) in [6.07, 6.45) is 0. The Bertz CT molecular complexity index is 1020. The summed E-state index contributed by atoms with van der Waals surface area (Å²) in [6, 6.07) is 8.57. The van der Waals surface area contributed by atoms with Crippen LogP contribution in [0.1, 0.15) is 0 Å². The van der Waals surface area contributed by atoms with Crippen molar-refractivity contribution in [2.45, 2.75) is 4.90 Å². The minimum Gasteiger partial charge on any atom is -0.258 e. The Kier molecular flexibility index (Phi) is 3.70. The molecule has 0 unspecified atom stereocenters. The third kappa shape index (κ3) is 3.12. The Morgan fingerprint density at radius 3 is 2.74 bits per heavy atom. The number of nitro benzene ring substituents is 1. The fourth-order valence-electron chi connectivity index (χ4n) is 1.88. The number of thiazole rings is 1. The normalized spacial score (nSPS) is 11.5. The monoisotopic (exact) mass is 353 g/mol. The molecule has 0 amide bonds. The number of benzene rings is 2. The van der Waals surface area contributed by atoms with Gasteiger partial charge in [0.15, 0.2) is 5.13 Å². The first kappa shape index (κ1) is 15.3. The summed E-state index contributed by atoms with van der Waals surface area (Å²) in [4.78, 5) is 13.8. The number of aromatic nitrogens is 1. The van der Waals surface area contributed by atoms with E-state index in [1.54, 1.807) is 0 Å². The van der Waals surface area contributed by atoms with Gasteiger partial charge in [0.05, 0.1) is 20.0 Å². The van der Waals surface area contributed by atoms with Crippen molar-refractivity contribution in [3.05, 3.63) is 58.4 Å². The highest BCUT2D eigenvalue weighted by molar-refractivity contribution is 7.93. The average molecular weight is 353 g/mol. The number of rotatable bonds is 4. The first-order valence-electron chi connectivity index (χ1n) is 6.18. The van der Waals surface area contributed by atoms with Gasteiger partial charge in [0.25, 0.3) is 15.7 Å². The van der Waals surface area contributed by atoms with E-state index in [-0.39, 0.29) is 15.7 Å². The second-order valence-electron chi connectivity index (χ2n) is 4.49. The second-order valence-corrected chi connectivity index (χ2v) is 7.20. The summed E-state index contributed by atoms with van der Waals surface area (Å²) in [7, 11) is -4.03. The lowest BCUT2D eigenvalue weighted by molar-refractivity contribution is -0.385. The van der Waals surface area contributed by atoms with Crippen molar-refractivity contribution in [2.24, 2.45) is 0 Å². The third-order valence-electron chi connectivity index (χ3n) is 2.91. The van der Waals surface area contributed by atoms with Crippen LogP contribution in [0.4, 0.5) is 15.2 Å². The molecule has 1 N–H and O–H groups in total. The minimum absolute atomic E-state index is 0.0529. The maximum absolute atomic E-state index is 13.1. The van der Waals surface area contributed by atoms with Crippen LogP contribution in [0.3, 0.4) is 0 Å². The molecular formula is C13H8FN3O4S2. The van der Waals surface area contributed by atoms with Crippen LogP contribution in [0.5, 0.6) is 0 Å². The van der Waals surface area contributed by atoms with Crippen LogP contribution in [0.25, 0.3) is 10.2 Å². The van der Waals surface area contributed by atoms with E-state index in [0.29, 0.717) is 10.2 Å². The zero-order valence-corrected chi connectivity index (χ0v) is 12.9. The van der Waals surface area contributed by atoms with Gasteiger partial charge in [0.1, 0.15) is 5.82 Å². The second kappa shape index (κ2) is 5.56. The van der Waals surface area contributed by atoms with Crippen LogP contribution in [-0.2, 0) is 10.0 Å². The quantitative estimate of drug-likeness (QED) is 0.573. The summed E-state index contributed by atoms with van der Waals surface area (Å²) in [5.41, 5.74) is 0.118. The molecule has 10 heteroatoms. The van der Waals surface area contributed by atoms with Gasteiger partial charge in [-0.05, 0) is 24.3 Å². The van der Waals surface area contributed by atoms with E-state index in [1.165, 1.54) is 36.4 Å². The van der Waals surface area contributed by atoms with Gasteiger partial charge in [-0.25, -0.2) is 17.8 Å². The highest BCUT2D eigenvalue weighted by atomic mass is 32.2. The molecule has 118 valence electrons. The number of non-ortho nitro benzene ring substituents is 1. The van der Waals surface area contributed by atoms with E-state index in [9.17, 15) is 22.9 Å². The standard InChI is InChI=1S/C13H8FN3O4S2/c14-8-4-5-11-12(6-8)22-13(15-11)16-23(20,21)10-3-1-2-9(7-10)17(18)19/h1-7H,(H,15,16). The maximum atomic E-state index is 13.1. The number of halogens is 1. The van der Waals surface area contributed by atoms with Crippen molar-refractivity contribution in [2.75, 3.05) is 4.72 Å². The van der Waals surface area contributed by atoms with Crippen molar-refractivity contribution < 1.29 is 17.7 Å². The molecule has 0 saturated heterocycles. The van der Waals surface area contributed by atoms with E-state index < -0.39 is 20.8 Å². The molecular weight excluding hydrogens is 345 g/mol. The van der Waals surface area contributed by atoms with E-state index in [0.717, 1.165) is 17.4 Å². The SMILES string of the molecule is O=[N+]([O-])c1cccc(S(=O)(=O)Nc2nc3ccc(F)cc3s2)c1. The molecule has 1 heterocycles. The number of hydrogen-bond acceptors (Lipinski definition) is 6. The molecule has 7 nitrogen and oxygen atoms in total. The van der Waals surface area contributed by atoms with Gasteiger partial charge in [-0.3, -0.25) is 14.8 Å². The highest BCUT2D eigenvalue weighted by Gasteiger charge is 2.19. The summed E-state index contributed by atoms with van der Waals surface area (Å²) in [5, 5.41) is 10.8. The molecule has 3 rings (SSSR count). The van der Waals surface area contributed by atoms with E-state index in [1.807, 2.05) is 0 Å². The summed E-state index contributed by atoms with van der Waals surface area (Å²) < 4.78 is 40.4. The Labute approximate surface area is 133 Å². The predicted octanol–water partition coefficient (Wildman–Crippen LogP) is 3.14. The molecule has 1 aromatic heterocycles. The van der Waals surface area contributed by atoms with E-state index in [2.05, 4.69) is 9.71 Å². The molecule has 0 spiro atoms. The molecule has 2 aromatic carbocycles. The fraction of sp³-hybridized carbons (Fsp3) is 0. The van der Waals surface area contributed by atoms with Crippen molar-refractivity contribution in [3.63, 3.8) is 0 Å². The predicted molar refractivity (Wildman–Crippen MR) is 83.5 cm³/mol. The molecule has 23 heavy (non-hydrogen) atoms. The highest BCUT2D eigenvalue weighted by Crippen LogP contribution is 2.28. The lowest BCUT2D eigenvalue weighted by atomic mass is 10.3. The average Bonchev–Trinajstić information content (AvgIpc) is 2.87. The Morgan fingerprint density at radius 1 is 1.22 bits per heavy atom. The molecule has 0 bridgehead atoms. The number of fused-ring (bicyclic) bond motifs is 1. The first-order chi connectivity index (χ1) is 10.8. The number of nitrogens with zero attached hydrogens (tertiary/aromatic N) is 2. The molecule has 0 saturated carbocycles. The van der Waals surface area contributed by atoms with Gasteiger partial charge >= 0.3 is 0 Å². The maximum Gasteiger partial charge on any atom is 0.270 e. The summed E-state index contributed by atoms with van der Waals surface area (Å²) in [5.74, 6) is -0.450. The molecule has 0 aliphatic heterocycles. The molecule has 3 aromatic rings. The summed E-state index contributed by atoms with van der Waals surface area (Å²) in [6.45, 7) is 0. The zero-order chi connectivity index (χ0) is 16.6. The van der Waals surface area contributed by atoms with Crippen LogP contribution in [0, 0.1) is 15.9 Å². The largest absolute Gasteiger partial charge is 0.270 e. The number of sulfonamides is 1. The van der Waals surface area contributed by atoms with Crippen LogP contribution in [-0.4, -0.2) is 18.3 Å². The van der Waals surface area contributed by atoms with Crippen LogP contribution < -0.4 is 4.72 Å². The van der Waals surface area contributed by atoms with Gasteiger partial charge in [-0.2, -0.15) is 0 Å². The minimum atomic E-state index is -4.03. The van der Waals surface area contributed by atoms with E-state index in [4.69, 9.17) is 0 Å². The van der Waals surface area contributed by atoms with Crippen molar-refractivity contribution in [1.82, 2.24) is 4.98 Å². The Hall–Kier alpha value is -2.59. The van der Waals surface area contributed by atoms with Crippen molar-refractivity contribution in [3.8, 4) is 0 Å². The van der Waals surface area contributed by atoms with Crippen LogP contribution in [0.15, 0.2) is 47.4 Å². The molecule has 0 atom stereocenters. The van der Waals surface area contributed by atoms with Gasteiger partial charge < -0.3 is 0 Å². The van der Waals surface area contributed by atoms with Gasteiger partial charge in [-0.15, -0.1) is 0 Å². The molecule has 0 fully saturated rings. The van der Waals surface area contributed by atoms with Crippen LogP contribution >= 0.6 is 11.3 Å². The number of nitrogens with one attached hydrogen (secondary N) is 1. The lowest BCUT2D eigenvalue weighted by Crippen LogP contribution is -2.12. The molecule has 0 radical (unpaired) electrons. The number of anilines is 1. The summed E-state index contributed by atoms with van der Waals surface area (Å²) >= 11 is 0.968. The molecule has 0 aliphatic carbocycles. The van der Waals surface area contributed by atoms with Crippen LogP contribution in [0.2, 0.25) is 0 Å². The lowest BCUT2D eigenvalue weighted by Gasteiger charge is -2.04. The molecule has 0 aliphatic rings. The Balaban J connectivity index is 1.96. The fourth-order valence-corrected chi connectivity index (χ4v) is 4.05. The van der Waals surface area contributed by atoms with Gasteiger partial charge in [0, 0.05) is 12.1 Å². The van der Waals surface area contributed by atoms with Crippen molar-refractivity contribution >= 4 is 42.4 Å². The zero-order valence-electron chi connectivity index (χ0n) is 11.3.